The molecule has 0 aliphatic carbocycles. The van der Waals surface area contributed by atoms with Gasteiger partial charge in [0.05, 0.1) is 22.4 Å². The SMILES string of the molecule is CC(C)OC(=O)c1cccc(NC(=O)CSc2nnc(-c3ccc(Cl)cc3Cl)n2N)c1. The van der Waals surface area contributed by atoms with Gasteiger partial charge < -0.3 is 15.9 Å². The van der Waals surface area contributed by atoms with Gasteiger partial charge in [-0.15, -0.1) is 10.2 Å². The summed E-state index contributed by atoms with van der Waals surface area (Å²) in [6, 6.07) is 11.5. The topological polar surface area (TPSA) is 112 Å². The highest BCUT2D eigenvalue weighted by Crippen LogP contribution is 2.30. The molecule has 8 nitrogen and oxygen atoms in total. The molecule has 1 aromatic heterocycles. The van der Waals surface area contributed by atoms with Crippen molar-refractivity contribution in [1.82, 2.24) is 14.9 Å². The Bertz CT molecular complexity index is 1120. The average molecular weight is 480 g/mol. The predicted molar refractivity (Wildman–Crippen MR) is 122 cm³/mol. The predicted octanol–water partition coefficient (Wildman–Crippen LogP) is 4.26. The molecule has 162 valence electrons. The summed E-state index contributed by atoms with van der Waals surface area (Å²) in [5.41, 5.74) is 1.40. The summed E-state index contributed by atoms with van der Waals surface area (Å²) in [7, 11) is 0. The third-order valence-electron chi connectivity index (χ3n) is 3.89. The summed E-state index contributed by atoms with van der Waals surface area (Å²) in [6.07, 6.45) is -0.233. The van der Waals surface area contributed by atoms with Crippen LogP contribution in [0.2, 0.25) is 10.0 Å². The van der Waals surface area contributed by atoms with Crippen LogP contribution >= 0.6 is 35.0 Å². The van der Waals surface area contributed by atoms with Crippen LogP contribution in [0.5, 0.6) is 0 Å². The summed E-state index contributed by atoms with van der Waals surface area (Å²) in [5.74, 6) is 5.70. The molecule has 0 fully saturated rings. The number of nitrogen functional groups attached to an aromatic ring is 1. The number of aromatic nitrogens is 3. The zero-order chi connectivity index (χ0) is 22.5. The molecular weight excluding hydrogens is 461 g/mol. The van der Waals surface area contributed by atoms with Crippen LogP contribution in [-0.2, 0) is 9.53 Å². The molecule has 0 saturated heterocycles. The number of benzene rings is 2. The van der Waals surface area contributed by atoms with Crippen molar-refractivity contribution in [2.75, 3.05) is 16.9 Å². The summed E-state index contributed by atoms with van der Waals surface area (Å²) in [6.45, 7) is 3.53. The van der Waals surface area contributed by atoms with Crippen molar-refractivity contribution in [2.24, 2.45) is 0 Å². The maximum Gasteiger partial charge on any atom is 0.338 e. The van der Waals surface area contributed by atoms with E-state index in [9.17, 15) is 9.59 Å². The Balaban J connectivity index is 1.63. The minimum absolute atomic E-state index is 0.0321. The molecule has 11 heteroatoms. The number of amides is 1. The van der Waals surface area contributed by atoms with Crippen LogP contribution < -0.4 is 11.2 Å². The lowest BCUT2D eigenvalue weighted by Crippen LogP contribution is -2.17. The van der Waals surface area contributed by atoms with Crippen LogP contribution in [0.15, 0.2) is 47.6 Å². The third-order valence-corrected chi connectivity index (χ3v) is 5.38. The quantitative estimate of drug-likeness (QED) is 0.295. The van der Waals surface area contributed by atoms with Crippen molar-refractivity contribution >= 4 is 52.5 Å². The number of carbonyl (C=O) groups is 2. The van der Waals surface area contributed by atoms with Crippen LogP contribution in [0.3, 0.4) is 0 Å². The van der Waals surface area contributed by atoms with Crippen LogP contribution in [0.1, 0.15) is 24.2 Å². The van der Waals surface area contributed by atoms with Gasteiger partial charge in [0.2, 0.25) is 11.1 Å². The van der Waals surface area contributed by atoms with E-state index in [-0.39, 0.29) is 17.8 Å². The van der Waals surface area contributed by atoms with Crippen molar-refractivity contribution in [2.45, 2.75) is 25.1 Å². The normalized spacial score (nSPS) is 10.9. The van der Waals surface area contributed by atoms with Gasteiger partial charge in [0.25, 0.3) is 0 Å². The molecular formula is C20H19Cl2N5O3S. The zero-order valence-corrected chi connectivity index (χ0v) is 19.0. The second kappa shape index (κ2) is 10.0. The summed E-state index contributed by atoms with van der Waals surface area (Å²) >= 11 is 13.2. The highest BCUT2D eigenvalue weighted by molar-refractivity contribution is 7.99. The van der Waals surface area contributed by atoms with Crippen LogP contribution in [0.4, 0.5) is 5.69 Å². The Morgan fingerprint density at radius 2 is 1.97 bits per heavy atom. The van der Waals surface area contributed by atoms with Gasteiger partial charge in [0.1, 0.15) is 0 Å². The van der Waals surface area contributed by atoms with Crippen LogP contribution in [0.25, 0.3) is 11.4 Å². The number of nitrogens with two attached hydrogens (primary N) is 1. The average Bonchev–Trinajstić information content (AvgIpc) is 3.06. The fourth-order valence-corrected chi connectivity index (χ4v) is 3.71. The van der Waals surface area contributed by atoms with E-state index in [1.807, 2.05) is 0 Å². The number of nitrogens with zero attached hydrogens (tertiary/aromatic N) is 3. The van der Waals surface area contributed by atoms with Crippen LogP contribution in [0, 0.1) is 0 Å². The van der Waals surface area contributed by atoms with Gasteiger partial charge in [-0.05, 0) is 50.2 Å². The monoisotopic (exact) mass is 479 g/mol. The first-order valence-electron chi connectivity index (χ1n) is 9.14. The number of hydrogen-bond donors (Lipinski definition) is 2. The Morgan fingerprint density at radius 3 is 2.68 bits per heavy atom. The number of esters is 1. The molecule has 2 aromatic carbocycles. The molecule has 0 radical (unpaired) electrons. The van der Waals surface area contributed by atoms with E-state index >= 15 is 0 Å². The third kappa shape index (κ3) is 5.90. The highest BCUT2D eigenvalue weighted by atomic mass is 35.5. The second-order valence-electron chi connectivity index (χ2n) is 6.67. The lowest BCUT2D eigenvalue weighted by atomic mass is 10.2. The minimum atomic E-state index is -0.454. The number of hydrogen-bond acceptors (Lipinski definition) is 7. The molecule has 3 rings (SSSR count). The molecule has 3 N–H and O–H groups in total. The summed E-state index contributed by atoms with van der Waals surface area (Å²) in [5, 5.41) is 12.0. The largest absolute Gasteiger partial charge is 0.459 e. The number of thioether (sulfide) groups is 1. The molecule has 0 aliphatic heterocycles. The van der Waals surface area contributed by atoms with Gasteiger partial charge in [-0.2, -0.15) is 0 Å². The standard InChI is InChI=1S/C20H19Cl2N5O3S/c1-11(2)30-19(29)12-4-3-5-14(8-12)24-17(28)10-31-20-26-25-18(27(20)23)15-7-6-13(21)9-16(15)22/h3-9,11H,10,23H2,1-2H3,(H,24,28). The molecule has 0 atom stereocenters. The first-order chi connectivity index (χ1) is 14.7. The first kappa shape index (κ1) is 22.9. The fraction of sp³-hybridized carbons (Fsp3) is 0.200. The number of rotatable bonds is 7. The van der Waals surface area contributed by atoms with E-state index in [4.69, 9.17) is 33.8 Å². The fourth-order valence-electron chi connectivity index (χ4n) is 2.56. The maximum absolute atomic E-state index is 12.3. The number of ether oxygens (including phenoxy) is 1. The Kier molecular flexibility index (Phi) is 7.42. The Hall–Kier alpha value is -2.75. The number of nitrogens with one attached hydrogen (secondary N) is 1. The second-order valence-corrected chi connectivity index (χ2v) is 8.46. The smallest absolute Gasteiger partial charge is 0.338 e. The van der Waals surface area contributed by atoms with Crippen molar-refractivity contribution in [3.05, 3.63) is 58.1 Å². The lowest BCUT2D eigenvalue weighted by molar-refractivity contribution is -0.113. The van der Waals surface area contributed by atoms with Gasteiger partial charge in [-0.25, -0.2) is 9.47 Å². The molecule has 0 spiro atoms. The van der Waals surface area contributed by atoms with Crippen molar-refractivity contribution in [3.8, 4) is 11.4 Å². The van der Waals surface area contributed by atoms with Crippen LogP contribution in [-0.4, -0.2) is 38.6 Å². The van der Waals surface area contributed by atoms with E-state index in [1.165, 1.54) is 4.68 Å². The Labute approximate surface area is 193 Å². The number of carbonyl (C=O) groups excluding carboxylic acids is 2. The summed E-state index contributed by atoms with van der Waals surface area (Å²) in [4.78, 5) is 24.4. The highest BCUT2D eigenvalue weighted by Gasteiger charge is 2.17. The van der Waals surface area contributed by atoms with Gasteiger partial charge in [-0.3, -0.25) is 4.79 Å². The van der Waals surface area contributed by atoms with Gasteiger partial charge >= 0.3 is 5.97 Å². The Morgan fingerprint density at radius 1 is 1.19 bits per heavy atom. The van der Waals surface area contributed by atoms with Crippen molar-refractivity contribution in [1.29, 1.82) is 0 Å². The molecule has 0 bridgehead atoms. The number of halogens is 2. The molecule has 0 aliphatic rings. The van der Waals surface area contributed by atoms with Crippen molar-refractivity contribution < 1.29 is 14.3 Å². The van der Waals surface area contributed by atoms with Gasteiger partial charge in [0, 0.05) is 16.3 Å². The molecule has 1 heterocycles. The zero-order valence-electron chi connectivity index (χ0n) is 16.6. The van der Waals surface area contributed by atoms with E-state index in [0.717, 1.165) is 11.8 Å². The van der Waals surface area contributed by atoms with E-state index < -0.39 is 5.97 Å². The molecule has 0 unspecified atom stereocenters. The molecule has 31 heavy (non-hydrogen) atoms. The van der Waals surface area contributed by atoms with E-state index in [0.29, 0.717) is 37.8 Å². The molecule has 0 saturated carbocycles. The molecule has 3 aromatic rings. The first-order valence-corrected chi connectivity index (χ1v) is 10.9. The number of anilines is 1. The molecule has 1 amide bonds. The van der Waals surface area contributed by atoms with E-state index in [2.05, 4.69) is 15.5 Å². The lowest BCUT2D eigenvalue weighted by Gasteiger charge is -2.10. The van der Waals surface area contributed by atoms with Gasteiger partial charge in [-0.1, -0.05) is 41.0 Å². The summed E-state index contributed by atoms with van der Waals surface area (Å²) < 4.78 is 6.42. The minimum Gasteiger partial charge on any atom is -0.459 e. The van der Waals surface area contributed by atoms with Gasteiger partial charge in [0.15, 0.2) is 5.82 Å². The maximum atomic E-state index is 12.3. The van der Waals surface area contributed by atoms with E-state index in [1.54, 1.807) is 56.3 Å². The van der Waals surface area contributed by atoms with Crippen molar-refractivity contribution in [3.63, 3.8) is 0 Å².